The quantitative estimate of drug-likeness (QED) is 0.820. The minimum absolute atomic E-state index is 0.0796. The molecule has 1 saturated carbocycles. The predicted molar refractivity (Wildman–Crippen MR) is 67.5 cm³/mol. The molecule has 0 bridgehead atoms. The van der Waals surface area contributed by atoms with Gasteiger partial charge in [-0.15, -0.1) is 0 Å². The monoisotopic (exact) mass is 233 g/mol. The summed E-state index contributed by atoms with van der Waals surface area (Å²) < 4.78 is 0. The topological polar surface area (TPSA) is 68.0 Å². The van der Waals surface area contributed by atoms with Crippen LogP contribution in [0.25, 0.3) is 0 Å². The Morgan fingerprint density at radius 1 is 1.53 bits per heavy atom. The SMILES string of the molecule is CC1CCCC(NC(=O)c2ccncc2N)C1. The van der Waals surface area contributed by atoms with Gasteiger partial charge in [0.15, 0.2) is 0 Å². The first-order valence-electron chi connectivity index (χ1n) is 6.17. The fourth-order valence-corrected chi connectivity index (χ4v) is 2.44. The number of amides is 1. The highest BCUT2D eigenvalue weighted by atomic mass is 16.1. The number of rotatable bonds is 2. The zero-order valence-corrected chi connectivity index (χ0v) is 10.1. The average molecular weight is 233 g/mol. The normalized spacial score (nSPS) is 24.3. The second-order valence-electron chi connectivity index (χ2n) is 4.91. The molecule has 2 atom stereocenters. The number of nitrogens with zero attached hydrogens (tertiary/aromatic N) is 1. The molecule has 3 N–H and O–H groups in total. The Kier molecular flexibility index (Phi) is 3.61. The molecule has 1 fully saturated rings. The number of pyridine rings is 1. The number of hydrogen-bond donors (Lipinski definition) is 2. The summed E-state index contributed by atoms with van der Waals surface area (Å²) in [5.74, 6) is 0.618. The predicted octanol–water partition coefficient (Wildman–Crippen LogP) is 1.97. The van der Waals surface area contributed by atoms with E-state index in [0.29, 0.717) is 23.2 Å². The van der Waals surface area contributed by atoms with E-state index in [1.165, 1.54) is 19.0 Å². The highest BCUT2D eigenvalue weighted by molar-refractivity contribution is 5.98. The second kappa shape index (κ2) is 5.17. The highest BCUT2D eigenvalue weighted by Gasteiger charge is 2.21. The van der Waals surface area contributed by atoms with E-state index in [-0.39, 0.29) is 5.91 Å². The van der Waals surface area contributed by atoms with Crippen molar-refractivity contribution in [2.24, 2.45) is 5.92 Å². The third kappa shape index (κ3) is 2.96. The van der Waals surface area contributed by atoms with Crippen molar-refractivity contribution in [1.82, 2.24) is 10.3 Å². The summed E-state index contributed by atoms with van der Waals surface area (Å²) in [7, 11) is 0. The van der Waals surface area contributed by atoms with Gasteiger partial charge in [-0.3, -0.25) is 9.78 Å². The molecule has 0 saturated heterocycles. The van der Waals surface area contributed by atoms with E-state index in [1.54, 1.807) is 12.3 Å². The lowest BCUT2D eigenvalue weighted by molar-refractivity contribution is 0.0922. The summed E-state index contributed by atoms with van der Waals surface area (Å²) in [6, 6.07) is 1.95. The fourth-order valence-electron chi connectivity index (χ4n) is 2.44. The van der Waals surface area contributed by atoms with Crippen molar-refractivity contribution in [2.75, 3.05) is 5.73 Å². The molecule has 0 radical (unpaired) electrons. The first kappa shape index (κ1) is 11.9. The minimum atomic E-state index is -0.0796. The lowest BCUT2D eigenvalue weighted by Gasteiger charge is -2.27. The zero-order chi connectivity index (χ0) is 12.3. The Morgan fingerprint density at radius 3 is 3.06 bits per heavy atom. The molecule has 2 unspecified atom stereocenters. The van der Waals surface area contributed by atoms with Crippen molar-refractivity contribution in [1.29, 1.82) is 0 Å². The smallest absolute Gasteiger partial charge is 0.253 e. The molecule has 0 aliphatic heterocycles. The van der Waals surface area contributed by atoms with E-state index in [1.807, 2.05) is 0 Å². The summed E-state index contributed by atoms with van der Waals surface area (Å²) in [6.45, 7) is 2.24. The first-order chi connectivity index (χ1) is 8.16. The van der Waals surface area contributed by atoms with Crippen molar-refractivity contribution in [2.45, 2.75) is 38.6 Å². The van der Waals surface area contributed by atoms with Crippen molar-refractivity contribution < 1.29 is 4.79 Å². The maximum absolute atomic E-state index is 12.0. The van der Waals surface area contributed by atoms with Crippen LogP contribution in [-0.4, -0.2) is 16.9 Å². The molecule has 4 heteroatoms. The Balaban J connectivity index is 1.99. The van der Waals surface area contributed by atoms with Crippen molar-refractivity contribution >= 4 is 11.6 Å². The molecule has 1 aliphatic rings. The molecule has 1 aliphatic carbocycles. The average Bonchev–Trinajstić information content (AvgIpc) is 2.29. The third-order valence-electron chi connectivity index (χ3n) is 3.37. The maximum Gasteiger partial charge on any atom is 0.253 e. The van der Waals surface area contributed by atoms with E-state index >= 15 is 0 Å². The van der Waals surface area contributed by atoms with Crippen LogP contribution in [0.2, 0.25) is 0 Å². The summed E-state index contributed by atoms with van der Waals surface area (Å²) in [4.78, 5) is 15.9. The Morgan fingerprint density at radius 2 is 2.35 bits per heavy atom. The van der Waals surface area contributed by atoms with Crippen molar-refractivity contribution in [3.8, 4) is 0 Å². The van der Waals surface area contributed by atoms with Crippen LogP contribution < -0.4 is 11.1 Å². The summed E-state index contributed by atoms with van der Waals surface area (Å²) in [6.07, 6.45) is 7.70. The standard InChI is InChI=1S/C13H19N3O/c1-9-3-2-4-10(7-9)16-13(17)11-5-6-15-8-12(11)14/h5-6,8-10H,2-4,7,14H2,1H3,(H,16,17). The number of hydrogen-bond acceptors (Lipinski definition) is 3. The molecule has 0 aromatic carbocycles. The van der Waals surface area contributed by atoms with Gasteiger partial charge in [-0.05, 0) is 24.8 Å². The molecule has 92 valence electrons. The van der Waals surface area contributed by atoms with E-state index in [0.717, 1.165) is 12.8 Å². The van der Waals surface area contributed by atoms with Crippen molar-refractivity contribution in [3.05, 3.63) is 24.0 Å². The second-order valence-corrected chi connectivity index (χ2v) is 4.91. The molecule has 1 aromatic heterocycles. The van der Waals surface area contributed by atoms with Crippen LogP contribution in [-0.2, 0) is 0 Å². The first-order valence-corrected chi connectivity index (χ1v) is 6.17. The number of carbonyl (C=O) groups excluding carboxylic acids is 1. The van der Waals surface area contributed by atoms with Crippen molar-refractivity contribution in [3.63, 3.8) is 0 Å². The van der Waals surface area contributed by atoms with E-state index < -0.39 is 0 Å². The van der Waals surface area contributed by atoms with Gasteiger partial charge in [-0.1, -0.05) is 19.8 Å². The molecular formula is C13H19N3O. The molecule has 1 amide bonds. The van der Waals surface area contributed by atoms with Crippen LogP contribution in [0, 0.1) is 5.92 Å². The van der Waals surface area contributed by atoms with E-state index in [9.17, 15) is 4.79 Å². The van der Waals surface area contributed by atoms with Gasteiger partial charge in [0, 0.05) is 12.2 Å². The Bertz CT molecular complexity index is 405. The molecule has 1 aromatic rings. The lowest BCUT2D eigenvalue weighted by atomic mass is 9.87. The molecule has 17 heavy (non-hydrogen) atoms. The number of carbonyl (C=O) groups is 1. The van der Waals surface area contributed by atoms with Gasteiger partial charge in [0.1, 0.15) is 0 Å². The molecule has 0 spiro atoms. The zero-order valence-electron chi connectivity index (χ0n) is 10.1. The molecule has 4 nitrogen and oxygen atoms in total. The van der Waals surface area contributed by atoms with Gasteiger partial charge in [-0.2, -0.15) is 0 Å². The van der Waals surface area contributed by atoms with E-state index in [4.69, 9.17) is 5.73 Å². The highest BCUT2D eigenvalue weighted by Crippen LogP contribution is 2.24. The summed E-state index contributed by atoms with van der Waals surface area (Å²) >= 11 is 0. The Labute approximate surface area is 102 Å². The summed E-state index contributed by atoms with van der Waals surface area (Å²) in [5, 5.41) is 3.06. The van der Waals surface area contributed by atoms with Crippen LogP contribution in [0.3, 0.4) is 0 Å². The van der Waals surface area contributed by atoms with Gasteiger partial charge < -0.3 is 11.1 Å². The number of aromatic nitrogens is 1. The van der Waals surface area contributed by atoms with Crippen LogP contribution >= 0.6 is 0 Å². The molecule has 2 rings (SSSR count). The Hall–Kier alpha value is -1.58. The minimum Gasteiger partial charge on any atom is -0.397 e. The number of nitrogen functional groups attached to an aromatic ring is 1. The third-order valence-corrected chi connectivity index (χ3v) is 3.37. The molecular weight excluding hydrogens is 214 g/mol. The number of anilines is 1. The maximum atomic E-state index is 12.0. The van der Waals surface area contributed by atoms with Gasteiger partial charge in [0.2, 0.25) is 0 Å². The van der Waals surface area contributed by atoms with Crippen LogP contribution in [0.15, 0.2) is 18.5 Å². The number of nitrogens with two attached hydrogens (primary N) is 1. The summed E-state index contributed by atoms with van der Waals surface area (Å²) in [5.41, 5.74) is 6.70. The van der Waals surface area contributed by atoms with Crippen LogP contribution in [0.4, 0.5) is 5.69 Å². The molecule has 1 heterocycles. The van der Waals surface area contributed by atoms with Gasteiger partial charge in [0.05, 0.1) is 17.4 Å². The van der Waals surface area contributed by atoms with Crippen LogP contribution in [0.1, 0.15) is 43.0 Å². The van der Waals surface area contributed by atoms with Gasteiger partial charge in [0.25, 0.3) is 5.91 Å². The van der Waals surface area contributed by atoms with Crippen LogP contribution in [0.5, 0.6) is 0 Å². The van der Waals surface area contributed by atoms with Gasteiger partial charge >= 0.3 is 0 Å². The largest absolute Gasteiger partial charge is 0.397 e. The van der Waals surface area contributed by atoms with Gasteiger partial charge in [-0.25, -0.2) is 0 Å². The van der Waals surface area contributed by atoms with E-state index in [2.05, 4.69) is 17.2 Å². The fraction of sp³-hybridized carbons (Fsp3) is 0.538. The number of nitrogens with one attached hydrogen (secondary N) is 1. The lowest BCUT2D eigenvalue weighted by Crippen LogP contribution is -2.38.